The zero-order valence-electron chi connectivity index (χ0n) is 14.8. The summed E-state index contributed by atoms with van der Waals surface area (Å²) in [5.74, 6) is 1.63. The Morgan fingerprint density at radius 1 is 1.15 bits per heavy atom. The van der Waals surface area contributed by atoms with Gasteiger partial charge in [-0.3, -0.25) is 4.79 Å². The van der Waals surface area contributed by atoms with Crippen molar-refractivity contribution in [1.82, 2.24) is 4.98 Å². The smallest absolute Gasteiger partial charge is 0.291 e. The molecule has 1 aromatic carbocycles. The Bertz CT molecular complexity index is 985. The molecule has 0 N–H and O–H groups in total. The molecule has 26 heavy (non-hydrogen) atoms. The molecule has 4 rings (SSSR count). The number of allylic oxidation sites excluding steroid dienone is 1. The Morgan fingerprint density at radius 2 is 1.96 bits per heavy atom. The third-order valence-electron chi connectivity index (χ3n) is 4.75. The van der Waals surface area contributed by atoms with Crippen molar-refractivity contribution >= 4 is 11.5 Å². The zero-order chi connectivity index (χ0) is 18.3. The Hall–Kier alpha value is -3.08. The molecule has 1 aromatic heterocycles. The van der Waals surface area contributed by atoms with Crippen LogP contribution in [0.25, 0.3) is 5.57 Å². The third kappa shape index (κ3) is 2.96. The van der Waals surface area contributed by atoms with E-state index in [1.807, 2.05) is 31.2 Å². The van der Waals surface area contributed by atoms with Crippen LogP contribution in [-0.4, -0.2) is 10.9 Å². The Kier molecular flexibility index (Phi) is 3.99. The maximum Gasteiger partial charge on any atom is 0.291 e. The highest BCUT2D eigenvalue weighted by atomic mass is 16.5. The van der Waals surface area contributed by atoms with Gasteiger partial charge in [-0.1, -0.05) is 18.7 Å². The molecular formula is C21H19N3O2. The van der Waals surface area contributed by atoms with Crippen LogP contribution in [0.4, 0.5) is 0 Å². The van der Waals surface area contributed by atoms with Gasteiger partial charge < -0.3 is 4.74 Å². The third-order valence-corrected chi connectivity index (χ3v) is 4.75. The predicted octanol–water partition coefficient (Wildman–Crippen LogP) is 5.34. The minimum absolute atomic E-state index is 0.324. The summed E-state index contributed by atoms with van der Waals surface area (Å²) < 4.78 is 6.05. The van der Waals surface area contributed by atoms with Gasteiger partial charge in [-0.2, -0.15) is 0 Å². The summed E-state index contributed by atoms with van der Waals surface area (Å²) in [6, 6.07) is 9.80. The van der Waals surface area contributed by atoms with Gasteiger partial charge >= 0.3 is 0 Å². The summed E-state index contributed by atoms with van der Waals surface area (Å²) in [4.78, 5) is 16.3. The van der Waals surface area contributed by atoms with Crippen LogP contribution >= 0.6 is 0 Å². The number of benzene rings is 1. The zero-order valence-corrected chi connectivity index (χ0v) is 14.8. The molecular weight excluding hydrogens is 326 g/mol. The number of aryl methyl sites for hydroxylation is 1. The van der Waals surface area contributed by atoms with Gasteiger partial charge in [0.15, 0.2) is 0 Å². The molecule has 0 bridgehead atoms. The lowest BCUT2D eigenvalue weighted by Crippen LogP contribution is -2.06. The Balaban J connectivity index is 1.66. The van der Waals surface area contributed by atoms with E-state index in [1.165, 1.54) is 18.4 Å². The van der Waals surface area contributed by atoms with E-state index < -0.39 is 0 Å². The summed E-state index contributed by atoms with van der Waals surface area (Å²) in [5.41, 5.74) is 4.86. The first-order valence-electron chi connectivity index (χ1n) is 8.64. The molecule has 0 spiro atoms. The van der Waals surface area contributed by atoms with Crippen LogP contribution in [0.1, 0.15) is 42.4 Å². The number of azo groups is 1. The molecule has 1 amide bonds. The quantitative estimate of drug-likeness (QED) is 0.751. The van der Waals surface area contributed by atoms with Crippen molar-refractivity contribution in [3.05, 3.63) is 71.1 Å². The average Bonchev–Trinajstić information content (AvgIpc) is 3.46. The normalized spacial score (nSPS) is 17.0. The topological polar surface area (TPSA) is 63.9 Å². The summed E-state index contributed by atoms with van der Waals surface area (Å²) >= 11 is 0. The number of ether oxygens (including phenoxy) is 1. The highest BCUT2D eigenvalue weighted by Crippen LogP contribution is 2.44. The molecule has 5 heteroatoms. The number of hydrogen-bond donors (Lipinski definition) is 0. The lowest BCUT2D eigenvalue weighted by Gasteiger charge is -2.16. The highest BCUT2D eigenvalue weighted by molar-refractivity contribution is 6.05. The number of nitrogens with zero attached hydrogens (tertiary/aromatic N) is 3. The van der Waals surface area contributed by atoms with E-state index in [9.17, 15) is 4.79 Å². The number of hydrogen-bond acceptors (Lipinski definition) is 4. The van der Waals surface area contributed by atoms with Gasteiger partial charge in [0, 0.05) is 22.9 Å². The van der Waals surface area contributed by atoms with Crippen molar-refractivity contribution in [2.45, 2.75) is 32.6 Å². The van der Waals surface area contributed by atoms with E-state index in [0.29, 0.717) is 23.1 Å². The molecule has 0 atom stereocenters. The van der Waals surface area contributed by atoms with Gasteiger partial charge in [0.05, 0.1) is 5.70 Å². The van der Waals surface area contributed by atoms with Gasteiger partial charge in [-0.05, 0) is 61.9 Å². The SMILES string of the molecule is C=C1N=NC(=O)C(C)=C1c1ccc(Oc2ncccc2C2CC2)cc1C. The van der Waals surface area contributed by atoms with Gasteiger partial charge in [0.25, 0.3) is 5.91 Å². The summed E-state index contributed by atoms with van der Waals surface area (Å²) in [5, 5.41) is 7.47. The molecule has 5 nitrogen and oxygen atoms in total. The summed E-state index contributed by atoms with van der Waals surface area (Å²) in [7, 11) is 0. The highest BCUT2D eigenvalue weighted by Gasteiger charge is 2.27. The van der Waals surface area contributed by atoms with E-state index in [0.717, 1.165) is 22.4 Å². The van der Waals surface area contributed by atoms with E-state index >= 15 is 0 Å². The fourth-order valence-corrected chi connectivity index (χ4v) is 3.20. The second kappa shape index (κ2) is 6.33. The Labute approximate surface area is 152 Å². The number of aromatic nitrogens is 1. The molecule has 0 radical (unpaired) electrons. The van der Waals surface area contributed by atoms with E-state index in [1.54, 1.807) is 13.1 Å². The standard InChI is InChI=1S/C21H19N3O2/c1-12-11-16(26-21-18(15-6-7-15)5-4-10-22-21)8-9-17(12)19-13(2)20(25)24-23-14(19)3/h4-5,8-11,15H,3,6-7H2,1-2H3. The first-order chi connectivity index (χ1) is 12.5. The van der Waals surface area contributed by atoms with Crippen molar-refractivity contribution in [3.63, 3.8) is 0 Å². The van der Waals surface area contributed by atoms with E-state index in [2.05, 4.69) is 27.9 Å². The first-order valence-corrected chi connectivity index (χ1v) is 8.64. The van der Waals surface area contributed by atoms with Crippen molar-refractivity contribution in [2.24, 2.45) is 10.2 Å². The molecule has 2 aliphatic rings. The van der Waals surface area contributed by atoms with Crippen molar-refractivity contribution in [3.8, 4) is 11.6 Å². The number of carbonyl (C=O) groups excluding carboxylic acids is 1. The first kappa shape index (κ1) is 16.4. The van der Waals surface area contributed by atoms with Crippen LogP contribution in [0, 0.1) is 6.92 Å². The minimum atomic E-state index is -0.324. The lowest BCUT2D eigenvalue weighted by atomic mass is 9.93. The van der Waals surface area contributed by atoms with Crippen molar-refractivity contribution in [1.29, 1.82) is 0 Å². The number of amides is 1. The fourth-order valence-electron chi connectivity index (χ4n) is 3.20. The Morgan fingerprint density at radius 3 is 2.69 bits per heavy atom. The number of rotatable bonds is 4. The lowest BCUT2D eigenvalue weighted by molar-refractivity contribution is -0.114. The maximum absolute atomic E-state index is 11.9. The van der Waals surface area contributed by atoms with Gasteiger partial charge in [-0.15, -0.1) is 10.2 Å². The summed E-state index contributed by atoms with van der Waals surface area (Å²) in [6.07, 6.45) is 4.13. The van der Waals surface area contributed by atoms with Crippen molar-refractivity contribution in [2.75, 3.05) is 0 Å². The van der Waals surface area contributed by atoms with Gasteiger partial charge in [0.2, 0.25) is 5.88 Å². The van der Waals surface area contributed by atoms with Crippen LogP contribution in [-0.2, 0) is 4.79 Å². The fraction of sp³-hybridized carbons (Fsp3) is 0.238. The maximum atomic E-state index is 11.9. The van der Waals surface area contributed by atoms with Crippen molar-refractivity contribution < 1.29 is 9.53 Å². The van der Waals surface area contributed by atoms with E-state index in [4.69, 9.17) is 4.74 Å². The number of pyridine rings is 1. The second-order valence-electron chi connectivity index (χ2n) is 6.70. The van der Waals surface area contributed by atoms with Crippen LogP contribution in [0.2, 0.25) is 0 Å². The molecule has 130 valence electrons. The molecule has 1 fully saturated rings. The van der Waals surface area contributed by atoms with Crippen LogP contribution in [0.15, 0.2) is 64.6 Å². The molecule has 1 aliphatic heterocycles. The van der Waals surface area contributed by atoms with Crippen LogP contribution < -0.4 is 4.74 Å². The second-order valence-corrected chi connectivity index (χ2v) is 6.70. The molecule has 0 saturated heterocycles. The molecule has 1 saturated carbocycles. The van der Waals surface area contributed by atoms with Gasteiger partial charge in [-0.25, -0.2) is 4.98 Å². The molecule has 1 aliphatic carbocycles. The van der Waals surface area contributed by atoms with Crippen LogP contribution in [0.5, 0.6) is 11.6 Å². The molecule has 2 aromatic rings. The van der Waals surface area contributed by atoms with Crippen LogP contribution in [0.3, 0.4) is 0 Å². The monoisotopic (exact) mass is 345 g/mol. The average molecular weight is 345 g/mol. The predicted molar refractivity (Wildman–Crippen MR) is 99.1 cm³/mol. The minimum Gasteiger partial charge on any atom is -0.439 e. The van der Waals surface area contributed by atoms with Gasteiger partial charge in [0.1, 0.15) is 5.75 Å². The molecule has 2 heterocycles. The summed E-state index contributed by atoms with van der Waals surface area (Å²) in [6.45, 7) is 7.64. The number of carbonyl (C=O) groups is 1. The molecule has 0 unspecified atom stereocenters. The largest absolute Gasteiger partial charge is 0.439 e. The van der Waals surface area contributed by atoms with E-state index in [-0.39, 0.29) is 5.91 Å².